The summed E-state index contributed by atoms with van der Waals surface area (Å²) in [5, 5.41) is 0. The van der Waals surface area contributed by atoms with Gasteiger partial charge in [0.05, 0.1) is 6.61 Å². The molecule has 0 saturated heterocycles. The minimum absolute atomic E-state index is 0.122. The summed E-state index contributed by atoms with van der Waals surface area (Å²) >= 11 is 0. The van der Waals surface area contributed by atoms with Gasteiger partial charge in [0.15, 0.2) is 11.6 Å². The molecule has 0 N–H and O–H groups in total. The third-order valence-electron chi connectivity index (χ3n) is 4.90. The molecule has 1 aromatic carbocycles. The van der Waals surface area contributed by atoms with E-state index in [0.717, 1.165) is 6.42 Å². The molecule has 1 fully saturated rings. The Balaban J connectivity index is 1.82. The van der Waals surface area contributed by atoms with Gasteiger partial charge in [-0.1, -0.05) is 12.2 Å². The zero-order valence-electron chi connectivity index (χ0n) is 11.3. The summed E-state index contributed by atoms with van der Waals surface area (Å²) < 4.78 is 5.45. The smallest absolute Gasteiger partial charge is 0.168 e. The molecule has 0 aromatic heterocycles. The van der Waals surface area contributed by atoms with E-state index in [4.69, 9.17) is 4.74 Å². The van der Waals surface area contributed by atoms with E-state index >= 15 is 0 Å². The molecule has 3 aliphatic rings. The number of carbonyl (C=O) groups is 2. The lowest BCUT2D eigenvalue weighted by Crippen LogP contribution is -2.38. The van der Waals surface area contributed by atoms with Crippen molar-refractivity contribution in [3.8, 4) is 5.75 Å². The third kappa shape index (κ3) is 1.41. The van der Waals surface area contributed by atoms with Gasteiger partial charge in [0.25, 0.3) is 0 Å². The fourth-order valence-electron chi connectivity index (χ4n) is 4.09. The Kier molecular flexibility index (Phi) is 2.40. The van der Waals surface area contributed by atoms with Crippen LogP contribution in [0.5, 0.6) is 5.75 Å². The lowest BCUT2D eigenvalue weighted by atomic mass is 9.69. The first kappa shape index (κ1) is 11.9. The van der Waals surface area contributed by atoms with Gasteiger partial charge in [-0.05, 0) is 43.4 Å². The molecule has 3 nitrogen and oxygen atoms in total. The number of Topliss-reactive ketones (excluding diaryl/α,β-unsaturated/α-hetero) is 2. The molecular weight excluding hydrogens is 252 g/mol. The maximum atomic E-state index is 12.7. The molecule has 20 heavy (non-hydrogen) atoms. The fourth-order valence-corrected chi connectivity index (χ4v) is 4.09. The van der Waals surface area contributed by atoms with Crippen LogP contribution in [0.15, 0.2) is 30.4 Å². The first-order valence-corrected chi connectivity index (χ1v) is 7.24. The van der Waals surface area contributed by atoms with Crippen molar-refractivity contribution < 1.29 is 14.3 Å². The van der Waals surface area contributed by atoms with E-state index in [1.54, 1.807) is 18.2 Å². The first-order chi connectivity index (χ1) is 9.70. The van der Waals surface area contributed by atoms with Gasteiger partial charge in [-0.25, -0.2) is 0 Å². The minimum Gasteiger partial charge on any atom is -0.494 e. The molecule has 4 unspecified atom stereocenters. The predicted octanol–water partition coefficient (Wildman–Crippen LogP) is 2.90. The van der Waals surface area contributed by atoms with Gasteiger partial charge in [-0.3, -0.25) is 9.59 Å². The number of benzene rings is 1. The van der Waals surface area contributed by atoms with Gasteiger partial charge in [-0.15, -0.1) is 0 Å². The summed E-state index contributed by atoms with van der Waals surface area (Å²) in [6.45, 7) is 2.46. The molecule has 0 heterocycles. The summed E-state index contributed by atoms with van der Waals surface area (Å²) in [7, 11) is 0. The number of hydrogen-bond acceptors (Lipinski definition) is 3. The number of ether oxygens (including phenoxy) is 1. The van der Waals surface area contributed by atoms with Gasteiger partial charge in [0.1, 0.15) is 5.75 Å². The molecule has 4 rings (SSSR count). The van der Waals surface area contributed by atoms with E-state index in [1.165, 1.54) is 0 Å². The van der Waals surface area contributed by atoms with Gasteiger partial charge in [0.2, 0.25) is 0 Å². The van der Waals surface area contributed by atoms with Crippen molar-refractivity contribution >= 4 is 11.6 Å². The van der Waals surface area contributed by atoms with Crippen LogP contribution >= 0.6 is 0 Å². The molecule has 0 amide bonds. The van der Waals surface area contributed by atoms with Crippen molar-refractivity contribution in [1.82, 2.24) is 0 Å². The highest BCUT2D eigenvalue weighted by molar-refractivity contribution is 6.17. The second kappa shape index (κ2) is 4.05. The summed E-state index contributed by atoms with van der Waals surface area (Å²) in [5.41, 5.74) is 1.14. The van der Waals surface area contributed by atoms with Gasteiger partial charge >= 0.3 is 0 Å². The predicted molar refractivity (Wildman–Crippen MR) is 74.0 cm³/mol. The molecule has 2 bridgehead atoms. The van der Waals surface area contributed by atoms with E-state index in [-0.39, 0.29) is 35.2 Å². The Bertz CT molecular complexity index is 644. The van der Waals surface area contributed by atoms with Crippen molar-refractivity contribution in [3.63, 3.8) is 0 Å². The molecule has 102 valence electrons. The summed E-state index contributed by atoms with van der Waals surface area (Å²) in [4.78, 5) is 25.4. The number of fused-ring (bicyclic) bond motifs is 6. The Morgan fingerprint density at radius 3 is 2.35 bits per heavy atom. The molecule has 1 aromatic rings. The Hall–Kier alpha value is -1.90. The minimum atomic E-state index is -0.137. The van der Waals surface area contributed by atoms with Crippen LogP contribution < -0.4 is 4.74 Å². The standard InChI is InChI=1S/C17H16O3/c1-2-20-11-5-6-12-13(8-11)17(19)15-10-4-3-9(7-10)14(15)16(12)18/h3-6,8-10,14-15H,2,7H2,1H3. The van der Waals surface area contributed by atoms with Crippen LogP contribution in [0, 0.1) is 23.7 Å². The van der Waals surface area contributed by atoms with Crippen molar-refractivity contribution in [2.75, 3.05) is 6.61 Å². The average Bonchev–Trinajstić information content (AvgIpc) is 3.06. The van der Waals surface area contributed by atoms with Crippen molar-refractivity contribution in [3.05, 3.63) is 41.5 Å². The quantitative estimate of drug-likeness (QED) is 0.775. The van der Waals surface area contributed by atoms with Gasteiger partial charge in [-0.2, -0.15) is 0 Å². The van der Waals surface area contributed by atoms with E-state index in [1.807, 2.05) is 6.92 Å². The molecule has 3 heteroatoms. The SMILES string of the molecule is CCOc1ccc2c(c1)C(=O)C1C3C=CC(C3)C1C2=O. The van der Waals surface area contributed by atoms with Crippen LogP contribution in [0.25, 0.3) is 0 Å². The zero-order chi connectivity index (χ0) is 13.9. The largest absolute Gasteiger partial charge is 0.494 e. The third-order valence-corrected chi connectivity index (χ3v) is 4.90. The van der Waals surface area contributed by atoms with Crippen LogP contribution in [-0.4, -0.2) is 18.2 Å². The second-order valence-electron chi connectivity index (χ2n) is 5.87. The van der Waals surface area contributed by atoms with Crippen LogP contribution in [0.4, 0.5) is 0 Å². The maximum Gasteiger partial charge on any atom is 0.168 e. The fraction of sp³-hybridized carbons (Fsp3) is 0.412. The first-order valence-electron chi connectivity index (χ1n) is 7.24. The van der Waals surface area contributed by atoms with Crippen LogP contribution in [0.2, 0.25) is 0 Å². The van der Waals surface area contributed by atoms with E-state index in [2.05, 4.69) is 12.2 Å². The van der Waals surface area contributed by atoms with Crippen molar-refractivity contribution in [1.29, 1.82) is 0 Å². The van der Waals surface area contributed by atoms with E-state index < -0.39 is 0 Å². The van der Waals surface area contributed by atoms with E-state index in [0.29, 0.717) is 23.5 Å². The molecule has 0 spiro atoms. The Morgan fingerprint density at radius 1 is 1.05 bits per heavy atom. The lowest BCUT2D eigenvalue weighted by molar-refractivity contribution is 0.0720. The highest BCUT2D eigenvalue weighted by Gasteiger charge is 2.54. The number of ketones is 2. The number of hydrogen-bond donors (Lipinski definition) is 0. The number of carbonyl (C=O) groups excluding carboxylic acids is 2. The number of rotatable bonds is 2. The monoisotopic (exact) mass is 268 g/mol. The van der Waals surface area contributed by atoms with Crippen molar-refractivity contribution in [2.45, 2.75) is 13.3 Å². The molecule has 4 atom stereocenters. The molecule has 1 saturated carbocycles. The average molecular weight is 268 g/mol. The second-order valence-corrected chi connectivity index (χ2v) is 5.87. The maximum absolute atomic E-state index is 12.7. The van der Waals surface area contributed by atoms with Crippen LogP contribution in [-0.2, 0) is 0 Å². The molecule has 3 aliphatic carbocycles. The zero-order valence-corrected chi connectivity index (χ0v) is 11.3. The highest BCUT2D eigenvalue weighted by atomic mass is 16.5. The van der Waals surface area contributed by atoms with Gasteiger partial charge in [0, 0.05) is 23.0 Å². The van der Waals surface area contributed by atoms with Gasteiger partial charge < -0.3 is 4.74 Å². The number of allylic oxidation sites excluding steroid dienone is 2. The summed E-state index contributed by atoms with van der Waals surface area (Å²) in [6, 6.07) is 5.29. The van der Waals surface area contributed by atoms with Crippen LogP contribution in [0.3, 0.4) is 0 Å². The topological polar surface area (TPSA) is 43.4 Å². The molecule has 0 aliphatic heterocycles. The Morgan fingerprint density at radius 2 is 1.70 bits per heavy atom. The summed E-state index contributed by atoms with van der Waals surface area (Å²) in [6.07, 6.45) is 5.20. The lowest BCUT2D eigenvalue weighted by Gasteiger charge is -2.31. The highest BCUT2D eigenvalue weighted by Crippen LogP contribution is 2.52. The molecule has 0 radical (unpaired) electrons. The summed E-state index contributed by atoms with van der Waals surface area (Å²) in [5.74, 6) is 1.20. The van der Waals surface area contributed by atoms with Crippen LogP contribution in [0.1, 0.15) is 34.1 Å². The Labute approximate surface area is 117 Å². The molecular formula is C17H16O3. The normalized spacial score (nSPS) is 33.2. The van der Waals surface area contributed by atoms with E-state index in [9.17, 15) is 9.59 Å². The van der Waals surface area contributed by atoms with Crippen molar-refractivity contribution in [2.24, 2.45) is 23.7 Å².